The van der Waals surface area contributed by atoms with Gasteiger partial charge in [0.15, 0.2) is 0 Å². The van der Waals surface area contributed by atoms with Crippen LogP contribution in [0.4, 0.5) is 0 Å². The lowest BCUT2D eigenvalue weighted by atomic mass is 9.93. The number of aromatic nitrogens is 2. The first-order valence-corrected chi connectivity index (χ1v) is 11.7. The molecule has 2 heteroatoms. The maximum Gasteiger partial charge on any atom is 0.0541 e. The normalized spacial score (nSPS) is 15.5. The molecule has 1 aliphatic carbocycles. The minimum absolute atomic E-state index is 0.481. The van der Waals surface area contributed by atoms with Gasteiger partial charge in [0, 0.05) is 44.7 Å². The van der Waals surface area contributed by atoms with Gasteiger partial charge >= 0.3 is 0 Å². The summed E-state index contributed by atoms with van der Waals surface area (Å²) in [5.74, 6) is 0.481. The first-order valence-electron chi connectivity index (χ1n) is 11.7. The molecule has 7 rings (SSSR count). The summed E-state index contributed by atoms with van der Waals surface area (Å²) in [7, 11) is 0. The van der Waals surface area contributed by atoms with Gasteiger partial charge in [0.1, 0.15) is 0 Å². The monoisotopic (exact) mass is 424 g/mol. The molecule has 0 saturated carbocycles. The first kappa shape index (κ1) is 18.5. The van der Waals surface area contributed by atoms with Crippen LogP contribution in [0, 0.1) is 0 Å². The fourth-order valence-electron chi connectivity index (χ4n) is 5.70. The SMILES string of the molecule is CC1CC=Cc2c1n(-c1cccc(-n3c4ccccc4c4ccccc43)c1)c1ccccc21. The van der Waals surface area contributed by atoms with Crippen LogP contribution in [-0.2, 0) is 0 Å². The van der Waals surface area contributed by atoms with Crippen LogP contribution in [0.15, 0.2) is 103 Å². The van der Waals surface area contributed by atoms with Crippen molar-refractivity contribution in [1.82, 2.24) is 9.13 Å². The highest BCUT2D eigenvalue weighted by atomic mass is 15.0. The molecule has 0 saturated heterocycles. The van der Waals surface area contributed by atoms with Crippen LogP contribution in [0.5, 0.6) is 0 Å². The van der Waals surface area contributed by atoms with E-state index in [1.165, 1.54) is 55.3 Å². The van der Waals surface area contributed by atoms with Crippen LogP contribution in [0.25, 0.3) is 50.2 Å². The van der Waals surface area contributed by atoms with Crippen LogP contribution in [0.3, 0.4) is 0 Å². The Morgan fingerprint density at radius 2 is 1.15 bits per heavy atom. The maximum absolute atomic E-state index is 2.48. The minimum Gasteiger partial charge on any atom is -0.313 e. The molecule has 2 nitrogen and oxygen atoms in total. The van der Waals surface area contributed by atoms with Crippen molar-refractivity contribution < 1.29 is 0 Å². The number of hydrogen-bond donors (Lipinski definition) is 0. The molecule has 0 N–H and O–H groups in total. The Hall–Kier alpha value is -4.04. The third-order valence-corrected chi connectivity index (χ3v) is 7.12. The van der Waals surface area contributed by atoms with Gasteiger partial charge in [-0.05, 0) is 42.8 Å². The summed E-state index contributed by atoms with van der Waals surface area (Å²) in [6.07, 6.45) is 5.71. The minimum atomic E-state index is 0.481. The molecular formula is C31H24N2. The maximum atomic E-state index is 2.48. The summed E-state index contributed by atoms with van der Waals surface area (Å²) in [5.41, 5.74) is 8.95. The Bertz CT molecular complexity index is 1660. The summed E-state index contributed by atoms with van der Waals surface area (Å²) in [6, 6.07) is 35.2. The lowest BCUT2D eigenvalue weighted by Crippen LogP contribution is -2.07. The molecule has 1 aliphatic rings. The molecule has 6 aromatic rings. The van der Waals surface area contributed by atoms with Gasteiger partial charge in [-0.25, -0.2) is 0 Å². The quantitative estimate of drug-likeness (QED) is 0.265. The van der Waals surface area contributed by atoms with E-state index >= 15 is 0 Å². The second-order valence-electron chi connectivity index (χ2n) is 9.08. The molecule has 33 heavy (non-hydrogen) atoms. The summed E-state index contributed by atoms with van der Waals surface area (Å²) < 4.78 is 4.88. The zero-order valence-electron chi connectivity index (χ0n) is 18.6. The van der Waals surface area contributed by atoms with E-state index < -0.39 is 0 Å². The number of rotatable bonds is 2. The molecule has 2 aromatic heterocycles. The van der Waals surface area contributed by atoms with Crippen LogP contribution < -0.4 is 0 Å². The molecule has 0 amide bonds. The van der Waals surface area contributed by atoms with Crippen molar-refractivity contribution in [3.05, 3.63) is 114 Å². The van der Waals surface area contributed by atoms with Gasteiger partial charge in [0.25, 0.3) is 0 Å². The molecule has 1 unspecified atom stereocenters. The predicted molar refractivity (Wildman–Crippen MR) is 140 cm³/mol. The van der Waals surface area contributed by atoms with Crippen molar-refractivity contribution in [2.75, 3.05) is 0 Å². The first-order chi connectivity index (χ1) is 16.3. The van der Waals surface area contributed by atoms with Crippen molar-refractivity contribution >= 4 is 38.8 Å². The number of benzene rings is 4. The fraction of sp³-hybridized carbons (Fsp3) is 0.0968. The molecule has 0 bridgehead atoms. The molecule has 0 spiro atoms. The molecule has 0 aliphatic heterocycles. The standard InChI is InChI=1S/C31H24N2/c1-21-10-8-16-27-26-15-4-7-19-30(26)33(31(21)27)23-12-9-11-22(20-23)32-28-17-5-2-13-24(28)25-14-3-6-18-29(25)32/h2-9,11-21H,10H2,1H3. The molecule has 1 atom stereocenters. The highest BCUT2D eigenvalue weighted by Crippen LogP contribution is 2.40. The zero-order chi connectivity index (χ0) is 21.9. The third kappa shape index (κ3) is 2.61. The molecule has 0 radical (unpaired) electrons. The van der Waals surface area contributed by atoms with Crippen LogP contribution in [0.1, 0.15) is 30.5 Å². The summed E-state index contributed by atoms with van der Waals surface area (Å²) in [6.45, 7) is 2.34. The Morgan fingerprint density at radius 3 is 1.82 bits per heavy atom. The lowest BCUT2D eigenvalue weighted by molar-refractivity contribution is 0.723. The van der Waals surface area contributed by atoms with E-state index in [1.54, 1.807) is 0 Å². The predicted octanol–water partition coefficient (Wildman–Crippen LogP) is 8.25. The van der Waals surface area contributed by atoms with E-state index in [1.807, 2.05) is 0 Å². The van der Waals surface area contributed by atoms with Gasteiger partial charge < -0.3 is 9.13 Å². The molecular weight excluding hydrogens is 400 g/mol. The van der Waals surface area contributed by atoms with Crippen LogP contribution in [-0.4, -0.2) is 9.13 Å². The second-order valence-corrected chi connectivity index (χ2v) is 9.08. The zero-order valence-corrected chi connectivity index (χ0v) is 18.6. The summed E-state index contributed by atoms with van der Waals surface area (Å²) >= 11 is 0. The largest absolute Gasteiger partial charge is 0.313 e. The van der Waals surface area contributed by atoms with E-state index in [0.717, 1.165) is 6.42 Å². The molecule has 2 heterocycles. The number of para-hydroxylation sites is 3. The van der Waals surface area contributed by atoms with E-state index in [0.29, 0.717) is 5.92 Å². The van der Waals surface area contributed by atoms with Gasteiger partial charge in [0.05, 0.1) is 16.6 Å². The van der Waals surface area contributed by atoms with Crippen molar-refractivity contribution in [1.29, 1.82) is 0 Å². The van der Waals surface area contributed by atoms with E-state index in [4.69, 9.17) is 0 Å². The Morgan fingerprint density at radius 1 is 0.606 bits per heavy atom. The number of hydrogen-bond acceptors (Lipinski definition) is 0. The second kappa shape index (κ2) is 6.98. The number of allylic oxidation sites excluding steroid dienone is 1. The number of nitrogens with zero attached hydrogens (tertiary/aromatic N) is 2. The van der Waals surface area contributed by atoms with Crippen LogP contribution in [0.2, 0.25) is 0 Å². The van der Waals surface area contributed by atoms with Gasteiger partial charge in [-0.1, -0.05) is 79.7 Å². The lowest BCUT2D eigenvalue weighted by Gasteiger charge is -2.20. The van der Waals surface area contributed by atoms with Gasteiger partial charge in [-0.3, -0.25) is 0 Å². The molecule has 158 valence electrons. The van der Waals surface area contributed by atoms with Gasteiger partial charge in [-0.15, -0.1) is 0 Å². The third-order valence-electron chi connectivity index (χ3n) is 7.12. The van der Waals surface area contributed by atoms with Gasteiger partial charge in [0.2, 0.25) is 0 Å². The van der Waals surface area contributed by atoms with E-state index in [2.05, 4.69) is 125 Å². The fourth-order valence-corrected chi connectivity index (χ4v) is 5.70. The Kier molecular flexibility index (Phi) is 3.92. The highest BCUT2D eigenvalue weighted by molar-refractivity contribution is 6.09. The van der Waals surface area contributed by atoms with Crippen molar-refractivity contribution in [3.63, 3.8) is 0 Å². The average molecular weight is 425 g/mol. The molecule has 4 aromatic carbocycles. The highest BCUT2D eigenvalue weighted by Gasteiger charge is 2.23. The summed E-state index contributed by atoms with van der Waals surface area (Å²) in [5, 5.41) is 3.92. The van der Waals surface area contributed by atoms with Crippen molar-refractivity contribution in [2.45, 2.75) is 19.3 Å². The van der Waals surface area contributed by atoms with Crippen molar-refractivity contribution in [2.24, 2.45) is 0 Å². The molecule has 0 fully saturated rings. The topological polar surface area (TPSA) is 9.86 Å². The smallest absolute Gasteiger partial charge is 0.0541 e. The summed E-state index contributed by atoms with van der Waals surface area (Å²) in [4.78, 5) is 0. The van der Waals surface area contributed by atoms with Crippen LogP contribution >= 0.6 is 0 Å². The number of fused-ring (bicyclic) bond motifs is 6. The van der Waals surface area contributed by atoms with Gasteiger partial charge in [-0.2, -0.15) is 0 Å². The van der Waals surface area contributed by atoms with Crippen molar-refractivity contribution in [3.8, 4) is 11.4 Å². The average Bonchev–Trinajstić information content (AvgIpc) is 3.38. The Labute approximate surface area is 193 Å². The van der Waals surface area contributed by atoms with E-state index in [-0.39, 0.29) is 0 Å². The Balaban J connectivity index is 1.53. The van der Waals surface area contributed by atoms with E-state index in [9.17, 15) is 0 Å².